The molecule has 0 N–H and O–H groups in total. The highest BCUT2D eigenvalue weighted by Crippen LogP contribution is 2.35. The summed E-state index contributed by atoms with van der Waals surface area (Å²) in [7, 11) is 0. The maximum atomic E-state index is 10.5. The van der Waals surface area contributed by atoms with E-state index in [0.717, 1.165) is 26.6 Å². The summed E-state index contributed by atoms with van der Waals surface area (Å²) < 4.78 is 1.08. The third kappa shape index (κ3) is 3.75. The first-order chi connectivity index (χ1) is 6.63. The van der Waals surface area contributed by atoms with E-state index in [1.807, 2.05) is 17.8 Å². The molecule has 0 aliphatic rings. The van der Waals surface area contributed by atoms with Crippen LogP contribution in [0.25, 0.3) is 0 Å². The van der Waals surface area contributed by atoms with Crippen molar-refractivity contribution in [1.29, 1.82) is 0 Å². The molecule has 0 atom stereocenters. The molecule has 0 aliphatic heterocycles. The topological polar surface area (TPSA) is 17.1 Å². The fourth-order valence-corrected chi connectivity index (χ4v) is 4.05. The van der Waals surface area contributed by atoms with Crippen molar-refractivity contribution in [3.63, 3.8) is 0 Å². The van der Waals surface area contributed by atoms with Crippen LogP contribution in [0, 0.1) is 5.92 Å². The molecule has 1 aromatic rings. The van der Waals surface area contributed by atoms with Gasteiger partial charge in [0.25, 0.3) is 0 Å². The minimum Gasteiger partial charge on any atom is -0.297 e. The van der Waals surface area contributed by atoms with E-state index in [2.05, 4.69) is 29.8 Å². The summed E-state index contributed by atoms with van der Waals surface area (Å²) in [6.45, 7) is 4.44. The Balaban J connectivity index is 2.49. The second-order valence-corrected chi connectivity index (χ2v) is 6.97. The lowest BCUT2D eigenvalue weighted by Crippen LogP contribution is -1.88. The first kappa shape index (κ1) is 12.3. The normalized spacial score (nSPS) is 10.9. The van der Waals surface area contributed by atoms with Crippen LogP contribution in [0.3, 0.4) is 0 Å². The lowest BCUT2D eigenvalue weighted by molar-refractivity contribution is 0.112. The zero-order chi connectivity index (χ0) is 10.6. The molecule has 0 amide bonds. The van der Waals surface area contributed by atoms with Gasteiger partial charge in [0, 0.05) is 4.90 Å². The van der Waals surface area contributed by atoms with Crippen LogP contribution < -0.4 is 0 Å². The number of halogens is 1. The molecule has 0 spiro atoms. The Morgan fingerprint density at radius 2 is 2.36 bits per heavy atom. The van der Waals surface area contributed by atoms with Crippen molar-refractivity contribution in [3.05, 3.63) is 14.7 Å². The molecule has 0 bridgehead atoms. The van der Waals surface area contributed by atoms with Crippen LogP contribution in [-0.2, 0) is 0 Å². The van der Waals surface area contributed by atoms with Crippen molar-refractivity contribution in [1.82, 2.24) is 0 Å². The van der Waals surface area contributed by atoms with E-state index >= 15 is 0 Å². The fourth-order valence-electron chi connectivity index (χ4n) is 0.930. The number of thioether (sulfide) groups is 1. The predicted molar refractivity (Wildman–Crippen MR) is 67.6 cm³/mol. The summed E-state index contributed by atoms with van der Waals surface area (Å²) in [5.74, 6) is 1.86. The Bertz CT molecular complexity index is 307. The molecule has 0 aliphatic carbocycles. The zero-order valence-corrected chi connectivity index (χ0v) is 11.5. The molecule has 0 saturated heterocycles. The Morgan fingerprint density at radius 1 is 1.64 bits per heavy atom. The molecule has 1 rings (SSSR count). The van der Waals surface area contributed by atoms with Gasteiger partial charge in [-0.1, -0.05) is 13.8 Å². The average molecular weight is 293 g/mol. The van der Waals surface area contributed by atoms with Crippen LogP contribution in [0.15, 0.2) is 14.7 Å². The second kappa shape index (κ2) is 5.93. The van der Waals surface area contributed by atoms with Crippen LogP contribution in [0.5, 0.6) is 0 Å². The molecule has 0 radical (unpaired) electrons. The maximum absolute atomic E-state index is 10.5. The van der Waals surface area contributed by atoms with Gasteiger partial charge in [-0.3, -0.25) is 4.79 Å². The van der Waals surface area contributed by atoms with Gasteiger partial charge in [-0.25, -0.2) is 0 Å². The molecule has 1 nitrogen and oxygen atoms in total. The molecular weight excluding hydrogens is 280 g/mol. The average Bonchev–Trinajstić information content (AvgIpc) is 2.47. The second-order valence-electron chi connectivity index (χ2n) is 3.44. The van der Waals surface area contributed by atoms with E-state index in [-0.39, 0.29) is 0 Å². The van der Waals surface area contributed by atoms with Crippen LogP contribution in [-0.4, -0.2) is 12.0 Å². The van der Waals surface area contributed by atoms with E-state index in [0.29, 0.717) is 0 Å². The molecule has 0 unspecified atom stereocenters. The number of thiophene rings is 1. The van der Waals surface area contributed by atoms with Crippen molar-refractivity contribution in [2.75, 3.05) is 5.75 Å². The fraction of sp³-hybridized carbons (Fsp3) is 0.500. The van der Waals surface area contributed by atoms with Crippen LogP contribution in [0.2, 0.25) is 0 Å². The van der Waals surface area contributed by atoms with Gasteiger partial charge in [-0.15, -0.1) is 23.1 Å². The smallest absolute Gasteiger partial charge is 0.160 e. The Labute approximate surface area is 101 Å². The Kier molecular flexibility index (Phi) is 5.20. The van der Waals surface area contributed by atoms with Gasteiger partial charge < -0.3 is 0 Å². The molecule has 4 heteroatoms. The lowest BCUT2D eigenvalue weighted by Gasteiger charge is -2.02. The third-order valence-electron chi connectivity index (χ3n) is 1.74. The van der Waals surface area contributed by atoms with Gasteiger partial charge in [0.15, 0.2) is 6.29 Å². The van der Waals surface area contributed by atoms with Gasteiger partial charge in [0.05, 0.1) is 8.66 Å². The predicted octanol–water partition coefficient (Wildman–Crippen LogP) is 4.46. The standard InChI is InChI=1S/C10H13BrOS2/c1-7(2)3-4-13-9-5-8(6-12)14-10(9)11/h5-7H,3-4H2,1-2H3. The van der Waals surface area contributed by atoms with Gasteiger partial charge in [-0.05, 0) is 40.1 Å². The summed E-state index contributed by atoms with van der Waals surface area (Å²) in [6, 6.07) is 1.95. The van der Waals surface area contributed by atoms with Gasteiger partial charge in [0.1, 0.15) is 0 Å². The molecule has 1 aromatic heterocycles. The van der Waals surface area contributed by atoms with Gasteiger partial charge in [-0.2, -0.15) is 0 Å². The number of aldehydes is 1. The minimum absolute atomic E-state index is 0.741. The largest absolute Gasteiger partial charge is 0.297 e. The Morgan fingerprint density at radius 3 is 2.86 bits per heavy atom. The SMILES string of the molecule is CC(C)CCSc1cc(C=O)sc1Br. The van der Waals surface area contributed by atoms with Crippen LogP contribution in [0.4, 0.5) is 0 Å². The first-order valence-corrected chi connectivity index (χ1v) is 7.10. The van der Waals surface area contributed by atoms with Crippen molar-refractivity contribution < 1.29 is 4.79 Å². The number of hydrogen-bond acceptors (Lipinski definition) is 3. The molecule has 0 fully saturated rings. The highest BCUT2D eigenvalue weighted by molar-refractivity contribution is 9.11. The number of hydrogen-bond donors (Lipinski definition) is 0. The lowest BCUT2D eigenvalue weighted by atomic mass is 10.2. The van der Waals surface area contributed by atoms with E-state index < -0.39 is 0 Å². The number of rotatable bonds is 5. The van der Waals surface area contributed by atoms with Gasteiger partial charge >= 0.3 is 0 Å². The molecule has 1 heterocycles. The minimum atomic E-state index is 0.741. The monoisotopic (exact) mass is 292 g/mol. The van der Waals surface area contributed by atoms with Crippen molar-refractivity contribution >= 4 is 45.3 Å². The number of carbonyl (C=O) groups is 1. The molecule has 78 valence electrons. The summed E-state index contributed by atoms with van der Waals surface area (Å²) in [5, 5.41) is 0. The highest BCUT2D eigenvalue weighted by Gasteiger charge is 2.06. The number of carbonyl (C=O) groups excluding carboxylic acids is 1. The molecular formula is C10H13BrOS2. The summed E-state index contributed by atoms with van der Waals surface area (Å²) in [6.07, 6.45) is 2.12. The summed E-state index contributed by atoms with van der Waals surface area (Å²) in [4.78, 5) is 12.5. The van der Waals surface area contributed by atoms with Crippen LogP contribution in [0.1, 0.15) is 29.9 Å². The van der Waals surface area contributed by atoms with E-state index in [4.69, 9.17) is 0 Å². The summed E-state index contributed by atoms with van der Waals surface area (Å²) in [5.41, 5.74) is 0. The quantitative estimate of drug-likeness (QED) is 0.589. The summed E-state index contributed by atoms with van der Waals surface area (Å²) >= 11 is 6.78. The Hall–Kier alpha value is 0.200. The first-order valence-electron chi connectivity index (χ1n) is 4.50. The molecule has 0 aromatic carbocycles. The molecule has 0 saturated carbocycles. The molecule has 14 heavy (non-hydrogen) atoms. The van der Waals surface area contributed by atoms with E-state index in [1.165, 1.54) is 22.7 Å². The maximum Gasteiger partial charge on any atom is 0.160 e. The van der Waals surface area contributed by atoms with Crippen LogP contribution >= 0.6 is 39.0 Å². The third-order valence-corrected chi connectivity index (χ3v) is 4.97. The van der Waals surface area contributed by atoms with E-state index in [9.17, 15) is 4.79 Å². The highest BCUT2D eigenvalue weighted by atomic mass is 79.9. The van der Waals surface area contributed by atoms with E-state index in [1.54, 1.807) is 0 Å². The van der Waals surface area contributed by atoms with Crippen molar-refractivity contribution in [2.24, 2.45) is 5.92 Å². The van der Waals surface area contributed by atoms with Crippen molar-refractivity contribution in [2.45, 2.75) is 25.2 Å². The van der Waals surface area contributed by atoms with Crippen molar-refractivity contribution in [3.8, 4) is 0 Å². The zero-order valence-electron chi connectivity index (χ0n) is 8.25. The van der Waals surface area contributed by atoms with Gasteiger partial charge in [0.2, 0.25) is 0 Å².